The average Bonchev–Trinajstić information content (AvgIpc) is 2.38. The van der Waals surface area contributed by atoms with Crippen LogP contribution in [0.5, 0.6) is 0 Å². The molecule has 0 fully saturated rings. The van der Waals surface area contributed by atoms with Gasteiger partial charge in [0.15, 0.2) is 0 Å². The van der Waals surface area contributed by atoms with Gasteiger partial charge in [-0.05, 0) is 35.9 Å². The van der Waals surface area contributed by atoms with E-state index in [1.54, 1.807) is 36.4 Å². The zero-order valence-electron chi connectivity index (χ0n) is 9.76. The van der Waals surface area contributed by atoms with Gasteiger partial charge in [-0.3, -0.25) is 4.79 Å². The lowest BCUT2D eigenvalue weighted by molar-refractivity contribution is -0.131. The standard InChI is InChI=1S/C14H10ClNO3/c15-11-5-1-9(2-6-11)12-7-3-10(14(19)16-12)4-8-13(17)18/h1-8H,(H,16,19)(H,17,18)/b8-4+. The summed E-state index contributed by atoms with van der Waals surface area (Å²) in [5, 5.41) is 9.13. The maximum absolute atomic E-state index is 11.8. The van der Waals surface area contributed by atoms with Crippen molar-refractivity contribution in [3.05, 3.63) is 63.4 Å². The molecule has 1 aromatic heterocycles. The van der Waals surface area contributed by atoms with Crippen molar-refractivity contribution in [1.82, 2.24) is 4.98 Å². The summed E-state index contributed by atoms with van der Waals surface area (Å²) in [5.74, 6) is -1.10. The largest absolute Gasteiger partial charge is 0.478 e. The lowest BCUT2D eigenvalue weighted by Gasteiger charge is -2.02. The number of carboxylic acid groups (broad SMARTS) is 1. The number of pyridine rings is 1. The SMILES string of the molecule is O=C(O)/C=C/c1ccc(-c2ccc(Cl)cc2)[nH]c1=O. The molecule has 0 saturated carbocycles. The quantitative estimate of drug-likeness (QED) is 0.846. The van der Waals surface area contributed by atoms with E-state index in [0.717, 1.165) is 11.6 Å². The Kier molecular flexibility index (Phi) is 3.82. The van der Waals surface area contributed by atoms with Crippen molar-refractivity contribution in [3.8, 4) is 11.3 Å². The van der Waals surface area contributed by atoms with Crippen LogP contribution >= 0.6 is 11.6 Å². The summed E-state index contributed by atoms with van der Waals surface area (Å²) in [6, 6.07) is 10.3. The van der Waals surface area contributed by atoms with E-state index in [2.05, 4.69) is 4.98 Å². The monoisotopic (exact) mass is 275 g/mol. The molecule has 0 radical (unpaired) electrons. The van der Waals surface area contributed by atoms with E-state index in [-0.39, 0.29) is 5.56 Å². The first kappa shape index (κ1) is 13.1. The third kappa shape index (κ3) is 3.33. The molecule has 1 heterocycles. The van der Waals surface area contributed by atoms with E-state index in [4.69, 9.17) is 16.7 Å². The van der Waals surface area contributed by atoms with Crippen molar-refractivity contribution < 1.29 is 9.90 Å². The Morgan fingerprint density at radius 2 is 1.84 bits per heavy atom. The molecular weight excluding hydrogens is 266 g/mol. The average molecular weight is 276 g/mol. The van der Waals surface area contributed by atoms with Crippen molar-refractivity contribution in [2.75, 3.05) is 0 Å². The molecule has 0 aliphatic heterocycles. The molecule has 0 bridgehead atoms. The maximum atomic E-state index is 11.8. The van der Waals surface area contributed by atoms with Crippen LogP contribution in [0.2, 0.25) is 5.02 Å². The Bertz CT molecular complexity index is 687. The van der Waals surface area contributed by atoms with Crippen molar-refractivity contribution in [2.24, 2.45) is 0 Å². The predicted molar refractivity (Wildman–Crippen MR) is 74.2 cm³/mol. The number of H-pyrrole nitrogens is 1. The highest BCUT2D eigenvalue weighted by atomic mass is 35.5. The number of rotatable bonds is 3. The number of hydrogen-bond donors (Lipinski definition) is 2. The van der Waals surface area contributed by atoms with Crippen molar-refractivity contribution in [2.45, 2.75) is 0 Å². The second kappa shape index (κ2) is 5.54. The number of aromatic amines is 1. The Hall–Kier alpha value is -2.33. The van der Waals surface area contributed by atoms with Gasteiger partial charge in [0.2, 0.25) is 0 Å². The van der Waals surface area contributed by atoms with E-state index in [0.29, 0.717) is 16.3 Å². The normalized spacial score (nSPS) is 10.8. The van der Waals surface area contributed by atoms with Crippen LogP contribution in [0.15, 0.2) is 47.3 Å². The first-order valence-corrected chi connectivity index (χ1v) is 5.84. The number of carboxylic acids is 1. The van der Waals surface area contributed by atoms with Crippen LogP contribution in [0.3, 0.4) is 0 Å². The number of aromatic nitrogens is 1. The van der Waals surface area contributed by atoms with Crippen LogP contribution in [0.1, 0.15) is 5.56 Å². The third-order valence-corrected chi connectivity index (χ3v) is 2.75. The summed E-state index contributed by atoms with van der Waals surface area (Å²) >= 11 is 5.79. The van der Waals surface area contributed by atoms with E-state index in [1.165, 1.54) is 6.08 Å². The molecule has 0 aliphatic carbocycles. The Balaban J connectivity index is 2.36. The van der Waals surface area contributed by atoms with Crippen LogP contribution in [0, 0.1) is 0 Å². The van der Waals surface area contributed by atoms with Crippen LogP contribution in [0.25, 0.3) is 17.3 Å². The molecule has 4 nitrogen and oxygen atoms in total. The van der Waals surface area contributed by atoms with Gasteiger partial charge in [0.05, 0.1) is 0 Å². The molecule has 0 amide bonds. The summed E-state index contributed by atoms with van der Waals surface area (Å²) < 4.78 is 0. The van der Waals surface area contributed by atoms with Gasteiger partial charge in [-0.25, -0.2) is 4.79 Å². The van der Waals surface area contributed by atoms with Gasteiger partial charge in [0, 0.05) is 22.4 Å². The summed E-state index contributed by atoms with van der Waals surface area (Å²) in [5.41, 5.74) is 1.43. The fraction of sp³-hybridized carbons (Fsp3) is 0. The van der Waals surface area contributed by atoms with E-state index in [1.807, 2.05) is 0 Å². The first-order valence-electron chi connectivity index (χ1n) is 5.46. The lowest BCUT2D eigenvalue weighted by Crippen LogP contribution is -2.09. The fourth-order valence-electron chi connectivity index (χ4n) is 1.58. The Morgan fingerprint density at radius 1 is 1.16 bits per heavy atom. The molecule has 0 saturated heterocycles. The molecule has 5 heteroatoms. The highest BCUT2D eigenvalue weighted by molar-refractivity contribution is 6.30. The molecule has 0 aliphatic rings. The minimum atomic E-state index is -1.10. The van der Waals surface area contributed by atoms with Crippen LogP contribution in [-0.2, 0) is 4.79 Å². The number of aliphatic carboxylic acids is 1. The van der Waals surface area contributed by atoms with Gasteiger partial charge in [0.1, 0.15) is 0 Å². The molecule has 19 heavy (non-hydrogen) atoms. The lowest BCUT2D eigenvalue weighted by atomic mass is 10.1. The fourth-order valence-corrected chi connectivity index (χ4v) is 1.70. The molecule has 0 atom stereocenters. The number of hydrogen-bond acceptors (Lipinski definition) is 2. The Labute approximate surface area is 114 Å². The minimum Gasteiger partial charge on any atom is -0.478 e. The number of nitrogens with one attached hydrogen (secondary N) is 1. The number of halogens is 1. The van der Waals surface area contributed by atoms with Gasteiger partial charge in [-0.1, -0.05) is 23.7 Å². The second-order valence-electron chi connectivity index (χ2n) is 3.83. The smallest absolute Gasteiger partial charge is 0.328 e. The molecule has 2 N–H and O–H groups in total. The van der Waals surface area contributed by atoms with Crippen LogP contribution < -0.4 is 5.56 Å². The molecular formula is C14H10ClNO3. The summed E-state index contributed by atoms with van der Waals surface area (Å²) in [6.45, 7) is 0. The first-order chi connectivity index (χ1) is 9.06. The van der Waals surface area contributed by atoms with Crippen molar-refractivity contribution in [1.29, 1.82) is 0 Å². The summed E-state index contributed by atoms with van der Waals surface area (Å²) in [6.07, 6.45) is 2.18. The van der Waals surface area contributed by atoms with Gasteiger partial charge in [0.25, 0.3) is 5.56 Å². The topological polar surface area (TPSA) is 70.2 Å². The molecule has 1 aromatic carbocycles. The van der Waals surface area contributed by atoms with Crippen LogP contribution in [0.4, 0.5) is 0 Å². The molecule has 2 rings (SSSR count). The zero-order chi connectivity index (χ0) is 13.8. The zero-order valence-corrected chi connectivity index (χ0v) is 10.5. The highest BCUT2D eigenvalue weighted by Gasteiger charge is 2.01. The van der Waals surface area contributed by atoms with Gasteiger partial charge in [-0.15, -0.1) is 0 Å². The molecule has 0 spiro atoms. The molecule has 96 valence electrons. The highest BCUT2D eigenvalue weighted by Crippen LogP contribution is 2.18. The van der Waals surface area contributed by atoms with Gasteiger partial charge < -0.3 is 10.1 Å². The maximum Gasteiger partial charge on any atom is 0.328 e. The van der Waals surface area contributed by atoms with Gasteiger partial charge >= 0.3 is 5.97 Å². The summed E-state index contributed by atoms with van der Waals surface area (Å²) in [7, 11) is 0. The van der Waals surface area contributed by atoms with Crippen LogP contribution in [-0.4, -0.2) is 16.1 Å². The Morgan fingerprint density at radius 3 is 2.42 bits per heavy atom. The van der Waals surface area contributed by atoms with Crippen molar-refractivity contribution >= 4 is 23.6 Å². The predicted octanol–water partition coefficient (Wildman–Crippen LogP) is 2.79. The summed E-state index contributed by atoms with van der Waals surface area (Å²) in [4.78, 5) is 24.9. The minimum absolute atomic E-state index is 0.292. The number of benzene rings is 1. The van der Waals surface area contributed by atoms with Gasteiger partial charge in [-0.2, -0.15) is 0 Å². The molecule has 0 unspecified atom stereocenters. The van der Waals surface area contributed by atoms with E-state index < -0.39 is 5.97 Å². The number of carbonyl (C=O) groups is 1. The van der Waals surface area contributed by atoms with E-state index in [9.17, 15) is 9.59 Å². The molecule has 2 aromatic rings. The van der Waals surface area contributed by atoms with Crippen molar-refractivity contribution in [3.63, 3.8) is 0 Å². The second-order valence-corrected chi connectivity index (χ2v) is 4.27. The van der Waals surface area contributed by atoms with E-state index >= 15 is 0 Å². The third-order valence-electron chi connectivity index (χ3n) is 2.50.